The smallest absolute Gasteiger partial charge is 0.341 e. The van der Waals surface area contributed by atoms with Gasteiger partial charge in [-0.3, -0.25) is 4.79 Å². The molecule has 1 unspecified atom stereocenters. The number of piperazine rings is 1. The SMILES string of the molecule is CCn1cc(C(=O)O)c(=O)c2cc(F)c(N3CCNC(C)C3)c(F)c21.[Cl-]. The minimum Gasteiger partial charge on any atom is -1.00 e. The van der Waals surface area contributed by atoms with Gasteiger partial charge >= 0.3 is 5.97 Å². The predicted molar refractivity (Wildman–Crippen MR) is 90.4 cm³/mol. The number of nitrogens with one attached hydrogen (secondary N) is 1. The number of benzene rings is 1. The highest BCUT2D eigenvalue weighted by atomic mass is 35.5. The van der Waals surface area contributed by atoms with Crippen molar-refractivity contribution in [3.05, 3.63) is 39.7 Å². The number of fused-ring (bicyclic) bond motifs is 1. The lowest BCUT2D eigenvalue weighted by Crippen LogP contribution is -3.00. The fraction of sp³-hybridized carbons (Fsp3) is 0.412. The van der Waals surface area contributed by atoms with Crippen molar-refractivity contribution in [1.29, 1.82) is 0 Å². The van der Waals surface area contributed by atoms with Crippen LogP contribution in [0.3, 0.4) is 0 Å². The summed E-state index contributed by atoms with van der Waals surface area (Å²) < 4.78 is 31.2. The molecule has 1 atom stereocenters. The summed E-state index contributed by atoms with van der Waals surface area (Å²) in [6.45, 7) is 5.33. The lowest BCUT2D eigenvalue weighted by atomic mass is 10.1. The summed E-state index contributed by atoms with van der Waals surface area (Å²) in [5.74, 6) is -3.11. The molecule has 26 heavy (non-hydrogen) atoms. The highest BCUT2D eigenvalue weighted by Gasteiger charge is 2.26. The molecule has 0 spiro atoms. The molecular weight excluding hydrogens is 368 g/mol. The second-order valence-corrected chi connectivity index (χ2v) is 6.18. The van der Waals surface area contributed by atoms with E-state index in [9.17, 15) is 14.0 Å². The van der Waals surface area contributed by atoms with Gasteiger partial charge in [-0.05, 0) is 19.9 Å². The maximum atomic E-state index is 15.2. The molecule has 0 amide bonds. The zero-order chi connectivity index (χ0) is 18.3. The molecule has 2 heterocycles. The Morgan fingerprint density at radius 3 is 2.69 bits per heavy atom. The number of halogens is 3. The van der Waals surface area contributed by atoms with Gasteiger partial charge in [0.25, 0.3) is 0 Å². The van der Waals surface area contributed by atoms with Crippen molar-refractivity contribution in [3.63, 3.8) is 0 Å². The van der Waals surface area contributed by atoms with Gasteiger partial charge in [-0.15, -0.1) is 0 Å². The zero-order valence-corrected chi connectivity index (χ0v) is 15.1. The van der Waals surface area contributed by atoms with E-state index in [0.29, 0.717) is 19.6 Å². The van der Waals surface area contributed by atoms with Crippen LogP contribution >= 0.6 is 0 Å². The van der Waals surface area contributed by atoms with Gasteiger partial charge in [-0.2, -0.15) is 0 Å². The molecule has 0 saturated carbocycles. The number of aromatic carboxylic acids is 1. The number of nitrogens with zero attached hydrogens (tertiary/aromatic N) is 2. The van der Waals surface area contributed by atoms with E-state index in [1.807, 2.05) is 6.92 Å². The summed E-state index contributed by atoms with van der Waals surface area (Å²) in [5, 5.41) is 12.1. The van der Waals surface area contributed by atoms with E-state index in [1.165, 1.54) is 4.57 Å². The van der Waals surface area contributed by atoms with Gasteiger partial charge < -0.3 is 32.3 Å². The van der Waals surface area contributed by atoms with Gasteiger partial charge in [0.2, 0.25) is 5.43 Å². The van der Waals surface area contributed by atoms with Crippen LogP contribution in [0.25, 0.3) is 10.9 Å². The zero-order valence-electron chi connectivity index (χ0n) is 14.4. The number of anilines is 1. The molecule has 142 valence electrons. The number of aryl methyl sites for hydroxylation is 1. The number of carbonyl (C=O) groups is 1. The van der Waals surface area contributed by atoms with E-state index in [1.54, 1.807) is 11.8 Å². The molecule has 1 saturated heterocycles. The summed E-state index contributed by atoms with van der Waals surface area (Å²) in [4.78, 5) is 25.2. The van der Waals surface area contributed by atoms with Crippen molar-refractivity contribution in [2.24, 2.45) is 0 Å². The van der Waals surface area contributed by atoms with E-state index < -0.39 is 28.6 Å². The lowest BCUT2D eigenvalue weighted by Gasteiger charge is -2.34. The van der Waals surface area contributed by atoms with Crippen molar-refractivity contribution >= 4 is 22.6 Å². The van der Waals surface area contributed by atoms with Gasteiger partial charge in [0, 0.05) is 38.4 Å². The molecular formula is C17H19ClF2N3O3-. The third-order valence-corrected chi connectivity index (χ3v) is 4.49. The minimum atomic E-state index is -1.42. The van der Waals surface area contributed by atoms with Crippen LogP contribution in [-0.2, 0) is 6.54 Å². The van der Waals surface area contributed by atoms with Crippen LogP contribution in [-0.4, -0.2) is 41.3 Å². The molecule has 0 aliphatic carbocycles. The average Bonchev–Trinajstić information content (AvgIpc) is 2.55. The van der Waals surface area contributed by atoms with Crippen LogP contribution in [0.2, 0.25) is 0 Å². The molecule has 2 aromatic rings. The maximum Gasteiger partial charge on any atom is 0.341 e. The van der Waals surface area contributed by atoms with Gasteiger partial charge in [0.05, 0.1) is 10.9 Å². The van der Waals surface area contributed by atoms with Crippen LogP contribution in [0.15, 0.2) is 17.1 Å². The van der Waals surface area contributed by atoms with Crippen LogP contribution in [0.5, 0.6) is 0 Å². The number of carboxylic acids is 1. The standard InChI is InChI=1S/C17H19F2N3O3.ClH/c1-3-21-8-11(17(24)25)16(23)10-6-12(18)15(13(19)14(10)21)22-5-4-20-9(2)7-22;/h6,8-9,20H,3-5,7H2,1-2H3,(H,24,25);1H/p-1. The first-order valence-electron chi connectivity index (χ1n) is 8.11. The fourth-order valence-corrected chi connectivity index (χ4v) is 3.30. The van der Waals surface area contributed by atoms with Crippen LogP contribution in [0.4, 0.5) is 14.5 Å². The van der Waals surface area contributed by atoms with E-state index in [4.69, 9.17) is 5.11 Å². The Bertz CT molecular complexity index is 916. The van der Waals surface area contributed by atoms with Gasteiger partial charge in [0.1, 0.15) is 17.1 Å². The van der Waals surface area contributed by atoms with E-state index in [2.05, 4.69) is 5.32 Å². The second kappa shape index (κ2) is 7.59. The largest absolute Gasteiger partial charge is 1.00 e. The molecule has 3 rings (SSSR count). The summed E-state index contributed by atoms with van der Waals surface area (Å²) in [6, 6.07) is 1.02. The molecule has 0 bridgehead atoms. The molecule has 1 fully saturated rings. The monoisotopic (exact) mass is 386 g/mol. The van der Waals surface area contributed by atoms with Gasteiger partial charge in [-0.1, -0.05) is 0 Å². The Hall–Kier alpha value is -2.19. The molecule has 1 aromatic heterocycles. The molecule has 0 radical (unpaired) electrons. The van der Waals surface area contributed by atoms with E-state index in [-0.39, 0.29) is 41.6 Å². The first-order valence-corrected chi connectivity index (χ1v) is 8.11. The van der Waals surface area contributed by atoms with Gasteiger partial charge in [-0.25, -0.2) is 13.6 Å². The normalized spacial score (nSPS) is 17.2. The number of pyridine rings is 1. The third-order valence-electron chi connectivity index (χ3n) is 4.49. The van der Waals surface area contributed by atoms with Crippen LogP contribution in [0.1, 0.15) is 24.2 Å². The van der Waals surface area contributed by atoms with Crippen molar-refractivity contribution in [1.82, 2.24) is 9.88 Å². The quantitative estimate of drug-likeness (QED) is 0.693. The highest BCUT2D eigenvalue weighted by molar-refractivity contribution is 5.93. The third kappa shape index (κ3) is 3.26. The number of hydrogen-bond donors (Lipinski definition) is 2. The van der Waals surface area contributed by atoms with Crippen molar-refractivity contribution in [3.8, 4) is 0 Å². The summed E-state index contributed by atoms with van der Waals surface area (Å²) >= 11 is 0. The van der Waals surface area contributed by atoms with E-state index in [0.717, 1.165) is 12.3 Å². The number of carboxylic acid groups (broad SMARTS) is 1. The summed E-state index contributed by atoms with van der Waals surface area (Å²) in [6.07, 6.45) is 1.11. The Morgan fingerprint density at radius 1 is 1.42 bits per heavy atom. The van der Waals surface area contributed by atoms with E-state index >= 15 is 4.39 Å². The Balaban J connectivity index is 0.00000243. The second-order valence-electron chi connectivity index (χ2n) is 6.18. The van der Waals surface area contributed by atoms with Crippen molar-refractivity contribution in [2.45, 2.75) is 26.4 Å². The molecule has 2 N–H and O–H groups in total. The predicted octanol–water partition coefficient (Wildman–Crippen LogP) is -1.20. The first kappa shape index (κ1) is 20.1. The number of hydrogen-bond acceptors (Lipinski definition) is 4. The molecule has 6 nitrogen and oxygen atoms in total. The minimum absolute atomic E-state index is 0. The summed E-state index contributed by atoms with van der Waals surface area (Å²) in [5.41, 5.74) is -1.63. The topological polar surface area (TPSA) is 74.6 Å². The Labute approximate surface area is 154 Å². The van der Waals surface area contributed by atoms with Crippen LogP contribution < -0.4 is 28.1 Å². The van der Waals surface area contributed by atoms with Crippen molar-refractivity contribution < 1.29 is 31.1 Å². The molecule has 1 aliphatic heterocycles. The van der Waals surface area contributed by atoms with Crippen molar-refractivity contribution in [2.75, 3.05) is 24.5 Å². The Morgan fingerprint density at radius 2 is 2.12 bits per heavy atom. The average molecular weight is 387 g/mol. The highest BCUT2D eigenvalue weighted by Crippen LogP contribution is 2.30. The Kier molecular flexibility index (Phi) is 5.87. The lowest BCUT2D eigenvalue weighted by molar-refractivity contribution is -0.0000220. The first-order chi connectivity index (χ1) is 11.8. The van der Waals surface area contributed by atoms with Gasteiger partial charge in [0.15, 0.2) is 5.82 Å². The van der Waals surface area contributed by atoms with Crippen LogP contribution in [0, 0.1) is 11.6 Å². The number of rotatable bonds is 3. The number of aromatic nitrogens is 1. The molecule has 1 aromatic carbocycles. The molecule has 1 aliphatic rings. The summed E-state index contributed by atoms with van der Waals surface area (Å²) in [7, 11) is 0. The maximum absolute atomic E-state index is 15.2. The fourth-order valence-electron chi connectivity index (χ4n) is 3.30. The molecule has 9 heteroatoms.